The summed E-state index contributed by atoms with van der Waals surface area (Å²) in [6.45, 7) is 2.79. The molecule has 1 aliphatic heterocycles. The van der Waals surface area contributed by atoms with Crippen molar-refractivity contribution in [3.8, 4) is 0 Å². The van der Waals surface area contributed by atoms with Gasteiger partial charge in [-0.1, -0.05) is 19.1 Å². The molecule has 2 rings (SSSR count). The number of likely N-dealkylation sites (tertiary alicyclic amines) is 1. The van der Waals surface area contributed by atoms with Crippen LogP contribution in [0, 0.1) is 5.92 Å². The Morgan fingerprint density at radius 3 is 2.81 bits per heavy atom. The molecule has 0 aromatic heterocycles. The molecule has 0 spiro atoms. The maximum atomic E-state index is 12.5. The number of nitrogens with one attached hydrogen (secondary N) is 1. The van der Waals surface area contributed by atoms with Crippen molar-refractivity contribution in [2.45, 2.75) is 57.5 Å². The Kier molecular flexibility index (Phi) is 5.79. The summed E-state index contributed by atoms with van der Waals surface area (Å²) in [4.78, 5) is 26.4. The molecule has 3 atom stereocenters. The number of piperidine rings is 1. The van der Waals surface area contributed by atoms with Crippen LogP contribution in [0.5, 0.6) is 0 Å². The highest BCUT2D eigenvalue weighted by atomic mass is 16.3. The third-order valence-corrected chi connectivity index (χ3v) is 4.32. The van der Waals surface area contributed by atoms with Gasteiger partial charge in [0.25, 0.3) is 0 Å². The fraction of sp³-hybridized carbons (Fsp3) is 0.750. The Hall–Kier alpha value is -1.36. The second-order valence-corrected chi connectivity index (χ2v) is 6.03. The number of aliphatic hydroxyl groups is 1. The second-order valence-electron chi connectivity index (χ2n) is 6.03. The average molecular weight is 294 g/mol. The van der Waals surface area contributed by atoms with E-state index in [-0.39, 0.29) is 36.4 Å². The summed E-state index contributed by atoms with van der Waals surface area (Å²) in [5, 5.41) is 12.1. The first-order chi connectivity index (χ1) is 10.2. The summed E-state index contributed by atoms with van der Waals surface area (Å²) in [6.07, 6.45) is 8.69. The molecule has 1 unspecified atom stereocenters. The van der Waals surface area contributed by atoms with Gasteiger partial charge in [0.05, 0.1) is 0 Å². The highest BCUT2D eigenvalue weighted by Crippen LogP contribution is 2.21. The summed E-state index contributed by atoms with van der Waals surface area (Å²) in [7, 11) is 0. The number of rotatable bonds is 5. The molecule has 0 aromatic rings. The number of nitrogens with zero attached hydrogens (tertiary/aromatic N) is 1. The van der Waals surface area contributed by atoms with Crippen LogP contribution in [-0.4, -0.2) is 47.1 Å². The van der Waals surface area contributed by atoms with Gasteiger partial charge in [-0.05, 0) is 32.1 Å². The van der Waals surface area contributed by atoms with Crippen LogP contribution in [0.2, 0.25) is 0 Å². The molecule has 118 valence electrons. The van der Waals surface area contributed by atoms with Crippen molar-refractivity contribution in [1.82, 2.24) is 10.2 Å². The largest absolute Gasteiger partial charge is 0.396 e. The Balaban J connectivity index is 1.92. The Labute approximate surface area is 126 Å². The molecule has 5 heteroatoms. The Morgan fingerprint density at radius 2 is 2.14 bits per heavy atom. The predicted octanol–water partition coefficient (Wildman–Crippen LogP) is 1.22. The maximum Gasteiger partial charge on any atom is 0.243 e. The number of hydrogen-bond donors (Lipinski definition) is 2. The molecule has 1 saturated heterocycles. The predicted molar refractivity (Wildman–Crippen MR) is 80.5 cm³/mol. The quantitative estimate of drug-likeness (QED) is 0.749. The zero-order valence-corrected chi connectivity index (χ0v) is 12.8. The van der Waals surface area contributed by atoms with Crippen LogP contribution >= 0.6 is 0 Å². The van der Waals surface area contributed by atoms with E-state index in [1.54, 1.807) is 4.90 Å². The number of carbonyl (C=O) groups excluding carboxylic acids is 2. The molecule has 21 heavy (non-hydrogen) atoms. The molecule has 5 nitrogen and oxygen atoms in total. The van der Waals surface area contributed by atoms with Gasteiger partial charge >= 0.3 is 0 Å². The molecule has 0 bridgehead atoms. The smallest absolute Gasteiger partial charge is 0.243 e. The third-order valence-electron chi connectivity index (χ3n) is 4.32. The van der Waals surface area contributed by atoms with Crippen molar-refractivity contribution >= 4 is 11.8 Å². The summed E-state index contributed by atoms with van der Waals surface area (Å²) in [5.74, 6) is 0.180. The molecule has 1 aliphatic carbocycles. The monoisotopic (exact) mass is 294 g/mol. The van der Waals surface area contributed by atoms with Gasteiger partial charge in [-0.25, -0.2) is 0 Å². The average Bonchev–Trinajstić information content (AvgIpc) is 2.95. The third kappa shape index (κ3) is 4.06. The van der Waals surface area contributed by atoms with Crippen molar-refractivity contribution in [3.05, 3.63) is 12.2 Å². The van der Waals surface area contributed by atoms with Crippen molar-refractivity contribution in [3.63, 3.8) is 0 Å². The molecule has 2 N–H and O–H groups in total. The van der Waals surface area contributed by atoms with Gasteiger partial charge in [0, 0.05) is 31.5 Å². The normalized spacial score (nSPS) is 28.7. The lowest BCUT2D eigenvalue weighted by atomic mass is 10.00. The number of amides is 2. The maximum absolute atomic E-state index is 12.5. The fourth-order valence-electron chi connectivity index (χ4n) is 3.16. The summed E-state index contributed by atoms with van der Waals surface area (Å²) < 4.78 is 0. The molecule has 1 heterocycles. The van der Waals surface area contributed by atoms with Gasteiger partial charge in [0.1, 0.15) is 6.04 Å². The van der Waals surface area contributed by atoms with Gasteiger partial charge in [-0.2, -0.15) is 0 Å². The molecule has 2 aliphatic rings. The molecule has 0 saturated carbocycles. The SMILES string of the molecule is CCCC(=O)N1CCCCC1C(=O)N[C@@H]1C=C[C@H](CO)C1. The first-order valence-corrected chi connectivity index (χ1v) is 8.04. The Bertz CT molecular complexity index is 408. The minimum atomic E-state index is -0.320. The van der Waals surface area contributed by atoms with E-state index in [0.717, 1.165) is 32.1 Å². The van der Waals surface area contributed by atoms with Crippen LogP contribution in [0.1, 0.15) is 45.4 Å². The van der Waals surface area contributed by atoms with E-state index in [9.17, 15) is 9.59 Å². The molecule has 0 radical (unpaired) electrons. The summed E-state index contributed by atoms with van der Waals surface area (Å²) >= 11 is 0. The topological polar surface area (TPSA) is 69.6 Å². The van der Waals surface area contributed by atoms with E-state index in [1.807, 2.05) is 19.1 Å². The van der Waals surface area contributed by atoms with Crippen molar-refractivity contribution in [2.24, 2.45) is 5.92 Å². The standard InChI is InChI=1S/C16H26N2O3/c1-2-5-15(20)18-9-4-3-6-14(18)16(21)17-13-8-7-12(10-13)11-19/h7-8,12-14,19H,2-6,9-11H2,1H3,(H,17,21)/t12-,13+,14?/m0/s1. The van der Waals surface area contributed by atoms with Crippen LogP contribution in [0.15, 0.2) is 12.2 Å². The van der Waals surface area contributed by atoms with Gasteiger partial charge in [0.15, 0.2) is 0 Å². The van der Waals surface area contributed by atoms with Crippen molar-refractivity contribution in [1.29, 1.82) is 0 Å². The zero-order chi connectivity index (χ0) is 15.2. The lowest BCUT2D eigenvalue weighted by Gasteiger charge is -2.35. The van der Waals surface area contributed by atoms with Crippen LogP contribution in [0.4, 0.5) is 0 Å². The van der Waals surface area contributed by atoms with Gasteiger partial charge in [0.2, 0.25) is 11.8 Å². The second kappa shape index (κ2) is 7.59. The summed E-state index contributed by atoms with van der Waals surface area (Å²) in [6, 6.07) is -0.334. The minimum Gasteiger partial charge on any atom is -0.396 e. The Morgan fingerprint density at radius 1 is 1.33 bits per heavy atom. The highest BCUT2D eigenvalue weighted by Gasteiger charge is 2.33. The lowest BCUT2D eigenvalue weighted by Crippen LogP contribution is -2.53. The first-order valence-electron chi connectivity index (χ1n) is 8.04. The molecule has 0 aromatic carbocycles. The van der Waals surface area contributed by atoms with Gasteiger partial charge < -0.3 is 15.3 Å². The van der Waals surface area contributed by atoms with Gasteiger partial charge in [-0.3, -0.25) is 9.59 Å². The molecular formula is C16H26N2O3. The van der Waals surface area contributed by atoms with E-state index >= 15 is 0 Å². The van der Waals surface area contributed by atoms with Crippen molar-refractivity contribution in [2.75, 3.05) is 13.2 Å². The minimum absolute atomic E-state index is 0.0142. The van der Waals surface area contributed by atoms with E-state index in [2.05, 4.69) is 5.32 Å². The van der Waals surface area contributed by atoms with E-state index < -0.39 is 0 Å². The van der Waals surface area contributed by atoms with Crippen LogP contribution in [-0.2, 0) is 9.59 Å². The van der Waals surface area contributed by atoms with Crippen LogP contribution < -0.4 is 5.32 Å². The van der Waals surface area contributed by atoms with E-state index in [4.69, 9.17) is 5.11 Å². The van der Waals surface area contributed by atoms with Crippen LogP contribution in [0.25, 0.3) is 0 Å². The van der Waals surface area contributed by atoms with Crippen LogP contribution in [0.3, 0.4) is 0 Å². The molecule has 2 amide bonds. The molecular weight excluding hydrogens is 268 g/mol. The lowest BCUT2D eigenvalue weighted by molar-refractivity contribution is -0.142. The number of carbonyl (C=O) groups is 2. The zero-order valence-electron chi connectivity index (χ0n) is 12.8. The van der Waals surface area contributed by atoms with Crippen molar-refractivity contribution < 1.29 is 14.7 Å². The number of hydrogen-bond acceptors (Lipinski definition) is 3. The molecule has 1 fully saturated rings. The van der Waals surface area contributed by atoms with E-state index in [0.29, 0.717) is 13.0 Å². The fourth-order valence-corrected chi connectivity index (χ4v) is 3.16. The van der Waals surface area contributed by atoms with E-state index in [1.165, 1.54) is 0 Å². The summed E-state index contributed by atoms with van der Waals surface area (Å²) in [5.41, 5.74) is 0. The number of aliphatic hydroxyl groups excluding tert-OH is 1. The van der Waals surface area contributed by atoms with Gasteiger partial charge in [-0.15, -0.1) is 0 Å². The highest BCUT2D eigenvalue weighted by molar-refractivity contribution is 5.88. The first kappa shape index (κ1) is 16.0.